The molecule has 0 aliphatic carbocycles. The van der Waals surface area contributed by atoms with E-state index in [1.807, 2.05) is 63.2 Å². The van der Waals surface area contributed by atoms with Crippen LogP contribution in [0.25, 0.3) is 0 Å². The molecule has 2 rings (SSSR count). The van der Waals surface area contributed by atoms with Gasteiger partial charge in [-0.05, 0) is 38.0 Å². The summed E-state index contributed by atoms with van der Waals surface area (Å²) in [4.78, 5) is 22.1. The van der Waals surface area contributed by atoms with Crippen LogP contribution < -0.4 is 4.89 Å². The summed E-state index contributed by atoms with van der Waals surface area (Å²) >= 11 is 0. The Morgan fingerprint density at radius 1 is 1.00 bits per heavy atom. The first-order chi connectivity index (χ1) is 9.54. The summed E-state index contributed by atoms with van der Waals surface area (Å²) in [5.74, 6) is 0.464. The van der Waals surface area contributed by atoms with E-state index in [0.717, 1.165) is 17.4 Å². The predicted molar refractivity (Wildman–Crippen MR) is 77.7 cm³/mol. The highest BCUT2D eigenvalue weighted by atomic mass is 17.2. The van der Waals surface area contributed by atoms with E-state index in [2.05, 4.69) is 0 Å². The highest BCUT2D eigenvalue weighted by Gasteiger charge is 2.24. The van der Waals surface area contributed by atoms with Gasteiger partial charge in [-0.25, -0.2) is 0 Å². The number of para-hydroxylation sites is 1. The Morgan fingerprint density at radius 3 is 2.35 bits per heavy atom. The van der Waals surface area contributed by atoms with Crippen LogP contribution in [-0.2, 0) is 10.5 Å². The van der Waals surface area contributed by atoms with Crippen LogP contribution in [0.1, 0.15) is 35.3 Å². The molecule has 104 valence electrons. The molecule has 2 aromatic rings. The summed E-state index contributed by atoms with van der Waals surface area (Å²) in [5.41, 5.74) is 1.73. The van der Waals surface area contributed by atoms with Crippen molar-refractivity contribution in [2.24, 2.45) is 0 Å². The van der Waals surface area contributed by atoms with Gasteiger partial charge in [-0.1, -0.05) is 42.5 Å². The van der Waals surface area contributed by atoms with Crippen LogP contribution in [0, 0.1) is 6.92 Å². The van der Waals surface area contributed by atoms with E-state index in [1.54, 1.807) is 6.07 Å². The molecule has 0 N–H and O–H groups in total. The molecule has 0 saturated heterocycles. The van der Waals surface area contributed by atoms with Gasteiger partial charge in [0.2, 0.25) is 0 Å². The van der Waals surface area contributed by atoms with Crippen LogP contribution in [0.5, 0.6) is 5.75 Å². The molecule has 0 aliphatic rings. The van der Waals surface area contributed by atoms with Gasteiger partial charge in [0.15, 0.2) is 12.0 Å². The molecule has 0 atom stereocenters. The van der Waals surface area contributed by atoms with Gasteiger partial charge in [-0.15, -0.1) is 0 Å². The van der Waals surface area contributed by atoms with Crippen molar-refractivity contribution in [3.63, 3.8) is 0 Å². The summed E-state index contributed by atoms with van der Waals surface area (Å²) in [5, 5.41) is 0. The second-order valence-electron chi connectivity index (χ2n) is 5.15. The lowest BCUT2D eigenvalue weighted by Crippen LogP contribution is -2.24. The smallest absolute Gasteiger partial charge is 0.178 e. The van der Waals surface area contributed by atoms with E-state index >= 15 is 0 Å². The summed E-state index contributed by atoms with van der Waals surface area (Å²) in [6.45, 7) is 5.71. The molecule has 0 bridgehead atoms. The van der Waals surface area contributed by atoms with Gasteiger partial charge in [0.05, 0.1) is 5.56 Å². The van der Waals surface area contributed by atoms with Crippen molar-refractivity contribution >= 4 is 6.29 Å². The second-order valence-corrected chi connectivity index (χ2v) is 5.15. The van der Waals surface area contributed by atoms with Gasteiger partial charge in [-0.2, -0.15) is 4.89 Å². The molecule has 2 aromatic carbocycles. The Morgan fingerprint density at radius 2 is 1.70 bits per heavy atom. The zero-order valence-corrected chi connectivity index (χ0v) is 11.9. The highest BCUT2D eigenvalue weighted by molar-refractivity contribution is 5.80. The van der Waals surface area contributed by atoms with Crippen molar-refractivity contribution in [2.45, 2.75) is 26.4 Å². The first-order valence-corrected chi connectivity index (χ1v) is 6.50. The van der Waals surface area contributed by atoms with Crippen molar-refractivity contribution in [3.05, 3.63) is 65.2 Å². The van der Waals surface area contributed by atoms with E-state index in [-0.39, 0.29) is 0 Å². The Kier molecular flexibility index (Phi) is 4.20. The number of aryl methyl sites for hydroxylation is 1. The number of benzene rings is 2. The number of hydrogen-bond acceptors (Lipinski definition) is 3. The lowest BCUT2D eigenvalue weighted by Gasteiger charge is -2.24. The molecule has 3 nitrogen and oxygen atoms in total. The van der Waals surface area contributed by atoms with E-state index < -0.39 is 5.60 Å². The standard InChI is InChI=1S/C17H18O3/c1-13-8-7-9-14(12-18)16(13)19-20-17(2,3)15-10-5-4-6-11-15/h4-12H,1-3H3. The molecule has 0 aliphatic heterocycles. The minimum absolute atomic E-state index is 0.464. The third-order valence-electron chi connectivity index (χ3n) is 3.17. The molecule has 3 heteroatoms. The maximum absolute atomic E-state index is 11.0. The van der Waals surface area contributed by atoms with Crippen molar-refractivity contribution in [2.75, 3.05) is 0 Å². The van der Waals surface area contributed by atoms with E-state index in [9.17, 15) is 4.79 Å². The Labute approximate surface area is 119 Å². The molecule has 0 aromatic heterocycles. The Hall–Kier alpha value is -2.13. The average molecular weight is 270 g/mol. The quantitative estimate of drug-likeness (QED) is 0.467. The lowest BCUT2D eigenvalue weighted by molar-refractivity contribution is -0.286. The summed E-state index contributed by atoms with van der Waals surface area (Å²) in [7, 11) is 0. The summed E-state index contributed by atoms with van der Waals surface area (Å²) < 4.78 is 0. The fourth-order valence-corrected chi connectivity index (χ4v) is 1.92. The van der Waals surface area contributed by atoms with Crippen LogP contribution in [0.15, 0.2) is 48.5 Å². The molecule has 0 fully saturated rings. The summed E-state index contributed by atoms with van der Waals surface area (Å²) in [6, 6.07) is 15.2. The number of aldehydes is 1. The predicted octanol–water partition coefficient (Wildman–Crippen LogP) is 4.05. The maximum atomic E-state index is 11.0. The van der Waals surface area contributed by atoms with Gasteiger partial charge < -0.3 is 4.89 Å². The SMILES string of the molecule is Cc1cccc(C=O)c1OOC(C)(C)c1ccccc1. The first kappa shape index (κ1) is 14.3. The largest absolute Gasteiger partial charge is 0.336 e. The molecule has 0 amide bonds. The normalized spacial score (nSPS) is 11.2. The number of carbonyl (C=O) groups is 1. The number of hydrogen-bond donors (Lipinski definition) is 0. The van der Waals surface area contributed by atoms with Gasteiger partial charge >= 0.3 is 0 Å². The van der Waals surface area contributed by atoms with Crippen LogP contribution in [0.3, 0.4) is 0 Å². The van der Waals surface area contributed by atoms with Crippen molar-refractivity contribution in [3.8, 4) is 5.75 Å². The molecular formula is C17H18O3. The summed E-state index contributed by atoms with van der Waals surface area (Å²) in [6.07, 6.45) is 0.765. The van der Waals surface area contributed by atoms with E-state index in [1.165, 1.54) is 0 Å². The van der Waals surface area contributed by atoms with Crippen LogP contribution in [-0.4, -0.2) is 6.29 Å². The second kappa shape index (κ2) is 5.88. The molecular weight excluding hydrogens is 252 g/mol. The Balaban J connectivity index is 2.19. The maximum Gasteiger partial charge on any atom is 0.178 e. The van der Waals surface area contributed by atoms with Crippen molar-refractivity contribution < 1.29 is 14.6 Å². The minimum Gasteiger partial charge on any atom is -0.336 e. The molecule has 0 spiro atoms. The van der Waals surface area contributed by atoms with Crippen LogP contribution >= 0.6 is 0 Å². The topological polar surface area (TPSA) is 35.5 Å². The van der Waals surface area contributed by atoms with Gasteiger partial charge in [0.1, 0.15) is 5.60 Å². The highest BCUT2D eigenvalue weighted by Crippen LogP contribution is 2.28. The number of carbonyl (C=O) groups excluding carboxylic acids is 1. The molecule has 0 unspecified atom stereocenters. The third kappa shape index (κ3) is 3.06. The average Bonchev–Trinajstić information content (AvgIpc) is 2.46. The fraction of sp³-hybridized carbons (Fsp3) is 0.235. The molecule has 20 heavy (non-hydrogen) atoms. The number of rotatable bonds is 5. The first-order valence-electron chi connectivity index (χ1n) is 6.50. The van der Waals surface area contributed by atoms with Gasteiger partial charge in [0.25, 0.3) is 0 Å². The molecule has 0 saturated carbocycles. The zero-order valence-electron chi connectivity index (χ0n) is 11.9. The molecule has 0 radical (unpaired) electrons. The van der Waals surface area contributed by atoms with Gasteiger partial charge in [-0.3, -0.25) is 4.79 Å². The van der Waals surface area contributed by atoms with Crippen molar-refractivity contribution in [1.82, 2.24) is 0 Å². The third-order valence-corrected chi connectivity index (χ3v) is 3.17. The van der Waals surface area contributed by atoms with Crippen molar-refractivity contribution in [1.29, 1.82) is 0 Å². The monoisotopic (exact) mass is 270 g/mol. The zero-order chi connectivity index (χ0) is 14.6. The van der Waals surface area contributed by atoms with Crippen LogP contribution in [0.4, 0.5) is 0 Å². The minimum atomic E-state index is -0.607. The molecule has 0 heterocycles. The lowest BCUT2D eigenvalue weighted by atomic mass is 9.99. The van der Waals surface area contributed by atoms with Gasteiger partial charge in [0, 0.05) is 0 Å². The van der Waals surface area contributed by atoms with E-state index in [0.29, 0.717) is 11.3 Å². The Bertz CT molecular complexity index is 588. The van der Waals surface area contributed by atoms with E-state index in [4.69, 9.17) is 9.78 Å². The van der Waals surface area contributed by atoms with Crippen LogP contribution in [0.2, 0.25) is 0 Å². The fourth-order valence-electron chi connectivity index (χ4n) is 1.92.